The maximum absolute atomic E-state index is 13.2. The van der Waals surface area contributed by atoms with Gasteiger partial charge in [0.05, 0.1) is 24.0 Å². The number of nitrogens with one attached hydrogen (secondary N) is 1. The van der Waals surface area contributed by atoms with Crippen LogP contribution in [-0.4, -0.2) is 13.1 Å². The average molecular weight is 278 g/mol. The number of esters is 1. The van der Waals surface area contributed by atoms with Crippen molar-refractivity contribution in [1.29, 1.82) is 0 Å². The summed E-state index contributed by atoms with van der Waals surface area (Å²) in [4.78, 5) is 11.6. The molecule has 0 radical (unpaired) electrons. The first kappa shape index (κ1) is 13.8. The van der Waals surface area contributed by atoms with Gasteiger partial charge in [-0.15, -0.1) is 0 Å². The summed E-state index contributed by atoms with van der Waals surface area (Å²) in [5, 5.41) is 2.79. The van der Waals surface area contributed by atoms with Crippen molar-refractivity contribution in [2.75, 3.05) is 18.2 Å². The Balaban J connectivity index is 2.42. The third-order valence-electron chi connectivity index (χ3n) is 2.69. The molecule has 2 aromatic carbocycles. The molecule has 0 aliphatic rings. The molecule has 0 atom stereocenters. The van der Waals surface area contributed by atoms with E-state index < -0.39 is 17.6 Å². The molecule has 2 aromatic rings. The number of ether oxygens (including phenoxy) is 1. The first-order valence-electron chi connectivity index (χ1n) is 5.72. The fourth-order valence-electron chi connectivity index (χ4n) is 1.71. The Labute approximate surface area is 114 Å². The highest BCUT2D eigenvalue weighted by Gasteiger charge is 2.14. The number of anilines is 3. The third-order valence-corrected chi connectivity index (χ3v) is 2.69. The number of nitrogen functional groups attached to an aromatic ring is 1. The Hall–Kier alpha value is -2.63. The highest BCUT2D eigenvalue weighted by molar-refractivity contribution is 5.99. The van der Waals surface area contributed by atoms with Crippen molar-refractivity contribution in [1.82, 2.24) is 0 Å². The van der Waals surface area contributed by atoms with Crippen LogP contribution in [0.3, 0.4) is 0 Å². The molecule has 0 saturated heterocycles. The summed E-state index contributed by atoms with van der Waals surface area (Å²) in [7, 11) is 1.24. The Morgan fingerprint density at radius 3 is 2.60 bits per heavy atom. The van der Waals surface area contributed by atoms with Gasteiger partial charge in [-0.25, -0.2) is 13.6 Å². The minimum atomic E-state index is -0.996. The van der Waals surface area contributed by atoms with E-state index in [2.05, 4.69) is 10.1 Å². The molecule has 0 spiro atoms. The quantitative estimate of drug-likeness (QED) is 0.669. The van der Waals surface area contributed by atoms with Crippen LogP contribution in [0.2, 0.25) is 0 Å². The lowest BCUT2D eigenvalue weighted by Gasteiger charge is -2.13. The van der Waals surface area contributed by atoms with Crippen molar-refractivity contribution >= 4 is 23.0 Å². The van der Waals surface area contributed by atoms with Crippen LogP contribution in [-0.2, 0) is 4.74 Å². The van der Waals surface area contributed by atoms with E-state index in [0.29, 0.717) is 0 Å². The van der Waals surface area contributed by atoms with Gasteiger partial charge in [0, 0.05) is 11.8 Å². The summed E-state index contributed by atoms with van der Waals surface area (Å²) in [5.74, 6) is -2.53. The summed E-state index contributed by atoms with van der Waals surface area (Å²) >= 11 is 0. The molecule has 6 heteroatoms. The van der Waals surface area contributed by atoms with Crippen molar-refractivity contribution in [2.24, 2.45) is 0 Å². The molecule has 0 fully saturated rings. The molecule has 0 aromatic heterocycles. The van der Waals surface area contributed by atoms with E-state index >= 15 is 0 Å². The minimum Gasteiger partial charge on any atom is -0.465 e. The van der Waals surface area contributed by atoms with Gasteiger partial charge in [-0.1, -0.05) is 6.07 Å². The van der Waals surface area contributed by atoms with Gasteiger partial charge in [0.15, 0.2) is 11.6 Å². The van der Waals surface area contributed by atoms with Gasteiger partial charge < -0.3 is 15.8 Å². The number of hydrogen-bond acceptors (Lipinski definition) is 4. The lowest BCUT2D eigenvalue weighted by atomic mass is 10.1. The van der Waals surface area contributed by atoms with Gasteiger partial charge in [0.2, 0.25) is 0 Å². The van der Waals surface area contributed by atoms with Crippen molar-refractivity contribution in [3.8, 4) is 0 Å². The SMILES string of the molecule is COC(=O)c1cccc(N)c1Nc1ccc(F)c(F)c1. The summed E-state index contributed by atoms with van der Waals surface area (Å²) in [6, 6.07) is 7.99. The van der Waals surface area contributed by atoms with Crippen LogP contribution >= 0.6 is 0 Å². The molecule has 2 rings (SSSR count). The number of methoxy groups -OCH3 is 1. The first-order chi connectivity index (χ1) is 9.52. The lowest BCUT2D eigenvalue weighted by molar-refractivity contribution is 0.0602. The number of benzene rings is 2. The van der Waals surface area contributed by atoms with Crippen LogP contribution in [0.1, 0.15) is 10.4 Å². The van der Waals surface area contributed by atoms with E-state index in [1.807, 2.05) is 0 Å². The van der Waals surface area contributed by atoms with E-state index in [9.17, 15) is 13.6 Å². The minimum absolute atomic E-state index is 0.206. The fraction of sp³-hybridized carbons (Fsp3) is 0.0714. The summed E-state index contributed by atoms with van der Waals surface area (Å²) in [5.41, 5.74) is 6.84. The molecule has 0 bridgehead atoms. The van der Waals surface area contributed by atoms with Crippen LogP contribution in [0.4, 0.5) is 25.8 Å². The van der Waals surface area contributed by atoms with Crippen molar-refractivity contribution < 1.29 is 18.3 Å². The maximum Gasteiger partial charge on any atom is 0.340 e. The van der Waals surface area contributed by atoms with Crippen molar-refractivity contribution in [3.63, 3.8) is 0 Å². The highest BCUT2D eigenvalue weighted by Crippen LogP contribution is 2.28. The molecule has 0 unspecified atom stereocenters. The Kier molecular flexibility index (Phi) is 3.84. The van der Waals surface area contributed by atoms with Gasteiger partial charge >= 0.3 is 5.97 Å². The van der Waals surface area contributed by atoms with Gasteiger partial charge in [-0.2, -0.15) is 0 Å². The first-order valence-corrected chi connectivity index (χ1v) is 5.72. The van der Waals surface area contributed by atoms with E-state index in [4.69, 9.17) is 5.73 Å². The van der Waals surface area contributed by atoms with Crippen molar-refractivity contribution in [2.45, 2.75) is 0 Å². The number of nitrogens with two attached hydrogens (primary N) is 1. The molecule has 4 nitrogen and oxygen atoms in total. The smallest absolute Gasteiger partial charge is 0.340 e. The molecular weight excluding hydrogens is 266 g/mol. The van der Waals surface area contributed by atoms with Crippen LogP contribution in [0, 0.1) is 11.6 Å². The van der Waals surface area contributed by atoms with Crippen LogP contribution in [0.5, 0.6) is 0 Å². The maximum atomic E-state index is 13.2. The topological polar surface area (TPSA) is 64.3 Å². The number of para-hydroxylation sites is 1. The molecule has 104 valence electrons. The molecular formula is C14H12F2N2O2. The van der Waals surface area contributed by atoms with E-state index in [1.54, 1.807) is 12.1 Å². The summed E-state index contributed by atoms with van der Waals surface area (Å²) in [6.07, 6.45) is 0. The highest BCUT2D eigenvalue weighted by atomic mass is 19.2. The van der Waals surface area contributed by atoms with Gasteiger partial charge in [0.1, 0.15) is 0 Å². The standard InChI is InChI=1S/C14H12F2N2O2/c1-20-14(19)9-3-2-4-12(17)13(9)18-8-5-6-10(15)11(16)7-8/h2-7,18H,17H2,1H3. The average Bonchev–Trinajstić information content (AvgIpc) is 2.44. The third kappa shape index (κ3) is 2.69. The second kappa shape index (κ2) is 5.56. The van der Waals surface area contributed by atoms with Crippen LogP contribution in [0.15, 0.2) is 36.4 Å². The molecule has 0 aliphatic heterocycles. The molecule has 0 amide bonds. The number of carbonyl (C=O) groups is 1. The summed E-state index contributed by atoms with van der Waals surface area (Å²) in [6.45, 7) is 0. The number of carbonyl (C=O) groups excluding carboxylic acids is 1. The fourth-order valence-corrected chi connectivity index (χ4v) is 1.71. The zero-order valence-electron chi connectivity index (χ0n) is 10.6. The predicted molar refractivity (Wildman–Crippen MR) is 71.8 cm³/mol. The van der Waals surface area contributed by atoms with E-state index in [-0.39, 0.29) is 22.6 Å². The molecule has 0 heterocycles. The van der Waals surface area contributed by atoms with Crippen molar-refractivity contribution in [3.05, 3.63) is 53.6 Å². The molecule has 0 saturated carbocycles. The van der Waals surface area contributed by atoms with Crippen LogP contribution < -0.4 is 11.1 Å². The Morgan fingerprint density at radius 2 is 1.95 bits per heavy atom. The number of rotatable bonds is 3. The second-order valence-electron chi connectivity index (χ2n) is 4.02. The number of hydrogen-bond donors (Lipinski definition) is 2. The van der Waals surface area contributed by atoms with E-state index in [0.717, 1.165) is 12.1 Å². The van der Waals surface area contributed by atoms with Gasteiger partial charge in [0.25, 0.3) is 0 Å². The Bertz CT molecular complexity index is 660. The Morgan fingerprint density at radius 1 is 1.20 bits per heavy atom. The van der Waals surface area contributed by atoms with Crippen LogP contribution in [0.25, 0.3) is 0 Å². The summed E-state index contributed by atoms with van der Waals surface area (Å²) < 4.78 is 30.7. The van der Waals surface area contributed by atoms with Gasteiger partial charge in [-0.3, -0.25) is 0 Å². The largest absolute Gasteiger partial charge is 0.465 e. The normalized spacial score (nSPS) is 10.2. The lowest BCUT2D eigenvalue weighted by Crippen LogP contribution is -2.08. The zero-order valence-corrected chi connectivity index (χ0v) is 10.6. The molecule has 3 N–H and O–H groups in total. The zero-order chi connectivity index (χ0) is 14.7. The molecule has 20 heavy (non-hydrogen) atoms. The predicted octanol–water partition coefficient (Wildman–Crippen LogP) is 3.08. The second-order valence-corrected chi connectivity index (χ2v) is 4.02. The number of halogens is 2. The van der Waals surface area contributed by atoms with E-state index in [1.165, 1.54) is 19.2 Å². The van der Waals surface area contributed by atoms with Gasteiger partial charge in [-0.05, 0) is 24.3 Å². The molecule has 0 aliphatic carbocycles. The monoisotopic (exact) mass is 278 g/mol.